The molecule has 1 fully saturated rings. The molecule has 0 spiro atoms. The fourth-order valence-corrected chi connectivity index (χ4v) is 4.50. The number of ether oxygens (including phenoxy) is 1. The number of benzene rings is 2. The molecule has 1 aromatic heterocycles. The number of carbonyl (C=O) groups is 1. The van der Waals surface area contributed by atoms with Crippen molar-refractivity contribution in [3.05, 3.63) is 62.2 Å². The zero-order valence-corrected chi connectivity index (χ0v) is 19.1. The lowest BCUT2D eigenvalue weighted by molar-refractivity contribution is -0.142. The summed E-state index contributed by atoms with van der Waals surface area (Å²) in [5.74, 6) is -0.0661. The lowest BCUT2D eigenvalue weighted by Gasteiger charge is -2.17. The summed E-state index contributed by atoms with van der Waals surface area (Å²) in [6.45, 7) is 4.18. The Balaban J connectivity index is 1.56. The van der Waals surface area contributed by atoms with Crippen molar-refractivity contribution in [3.8, 4) is 17.1 Å². The number of rotatable bonds is 6. The highest BCUT2D eigenvalue weighted by Gasteiger charge is 2.34. The van der Waals surface area contributed by atoms with Crippen molar-refractivity contribution in [3.63, 3.8) is 0 Å². The summed E-state index contributed by atoms with van der Waals surface area (Å²) in [5.41, 5.74) is 0.796. The summed E-state index contributed by atoms with van der Waals surface area (Å²) in [7, 11) is 0. The molecular formula is C23H21BrClNO5. The Morgan fingerprint density at radius 3 is 2.84 bits per heavy atom. The fourth-order valence-electron chi connectivity index (χ4n) is 3.95. The topological polar surface area (TPSA) is 80.0 Å². The zero-order chi connectivity index (χ0) is 22.1. The predicted molar refractivity (Wildman–Crippen MR) is 123 cm³/mol. The van der Waals surface area contributed by atoms with Crippen molar-refractivity contribution in [2.75, 3.05) is 26.2 Å². The minimum Gasteiger partial charge on any atom is -0.491 e. The van der Waals surface area contributed by atoms with Crippen LogP contribution in [0.3, 0.4) is 0 Å². The van der Waals surface area contributed by atoms with Gasteiger partial charge in [-0.25, -0.2) is 0 Å². The van der Waals surface area contributed by atoms with Gasteiger partial charge in [-0.2, -0.15) is 0 Å². The highest BCUT2D eigenvalue weighted by molar-refractivity contribution is 9.10. The van der Waals surface area contributed by atoms with Gasteiger partial charge >= 0.3 is 5.97 Å². The Bertz CT molecular complexity index is 1190. The number of nitrogens with zero attached hydrogens (tertiary/aromatic N) is 1. The van der Waals surface area contributed by atoms with E-state index in [4.69, 9.17) is 20.8 Å². The van der Waals surface area contributed by atoms with Crippen LogP contribution in [0, 0.1) is 11.8 Å². The second kappa shape index (κ2) is 9.02. The van der Waals surface area contributed by atoms with Gasteiger partial charge in [-0.15, -0.1) is 0 Å². The second-order valence-electron chi connectivity index (χ2n) is 7.76. The molecule has 0 saturated carbocycles. The number of aliphatic carboxylic acids is 1. The molecule has 1 saturated heterocycles. The van der Waals surface area contributed by atoms with Crippen molar-refractivity contribution >= 4 is 44.5 Å². The monoisotopic (exact) mass is 505 g/mol. The molecular weight excluding hydrogens is 486 g/mol. The van der Waals surface area contributed by atoms with Crippen LogP contribution in [0.25, 0.3) is 22.3 Å². The molecule has 0 unspecified atom stereocenters. The van der Waals surface area contributed by atoms with E-state index in [0.717, 1.165) is 11.0 Å². The van der Waals surface area contributed by atoms with Gasteiger partial charge in [-0.3, -0.25) is 14.5 Å². The number of carboxylic acids is 1. The molecule has 0 aliphatic carbocycles. The Hall–Kier alpha value is -2.35. The molecule has 31 heavy (non-hydrogen) atoms. The van der Waals surface area contributed by atoms with Gasteiger partial charge in [-0.05, 0) is 36.2 Å². The summed E-state index contributed by atoms with van der Waals surface area (Å²) >= 11 is 9.69. The second-order valence-corrected chi connectivity index (χ2v) is 9.08. The summed E-state index contributed by atoms with van der Waals surface area (Å²) in [5, 5.41) is 10.1. The minimum absolute atomic E-state index is 0.107. The van der Waals surface area contributed by atoms with Gasteiger partial charge in [0, 0.05) is 30.2 Å². The van der Waals surface area contributed by atoms with E-state index in [9.17, 15) is 14.7 Å². The van der Waals surface area contributed by atoms with Crippen molar-refractivity contribution in [2.24, 2.45) is 11.8 Å². The zero-order valence-electron chi connectivity index (χ0n) is 16.8. The molecule has 0 radical (unpaired) electrons. The smallest absolute Gasteiger partial charge is 0.308 e. The first-order chi connectivity index (χ1) is 14.8. The van der Waals surface area contributed by atoms with E-state index in [1.807, 2.05) is 25.1 Å². The molecule has 2 atom stereocenters. The number of para-hydroxylation sites is 1. The molecule has 1 aliphatic rings. The minimum atomic E-state index is -0.754. The average molecular weight is 507 g/mol. The maximum atomic E-state index is 12.6. The molecule has 1 N–H and O–H groups in total. The molecule has 0 amide bonds. The SMILES string of the molecule is C[C@@H]1CN(CCOc2cc(Br)ccc2-c2cc(=O)c3cccc(Cl)c3o2)C[C@H]1C(=O)O. The Morgan fingerprint density at radius 2 is 2.10 bits per heavy atom. The first-order valence-electron chi connectivity index (χ1n) is 9.93. The summed E-state index contributed by atoms with van der Waals surface area (Å²) in [4.78, 5) is 26.0. The van der Waals surface area contributed by atoms with E-state index in [2.05, 4.69) is 20.8 Å². The van der Waals surface area contributed by atoms with E-state index in [0.29, 0.717) is 52.8 Å². The molecule has 6 nitrogen and oxygen atoms in total. The van der Waals surface area contributed by atoms with Gasteiger partial charge in [0.15, 0.2) is 11.0 Å². The third-order valence-corrected chi connectivity index (χ3v) is 6.38. The van der Waals surface area contributed by atoms with Crippen LogP contribution in [0.2, 0.25) is 5.02 Å². The Kier molecular flexibility index (Phi) is 6.36. The van der Waals surface area contributed by atoms with Crippen LogP contribution >= 0.6 is 27.5 Å². The summed E-state index contributed by atoms with van der Waals surface area (Å²) < 4.78 is 12.8. The highest BCUT2D eigenvalue weighted by atomic mass is 79.9. The predicted octanol–water partition coefficient (Wildman–Crippen LogP) is 4.91. The molecule has 0 bridgehead atoms. The standard InChI is InChI=1S/C23H21BrClNO5/c1-13-11-26(12-17(13)23(28)29)7-8-30-20-9-14(24)5-6-16(20)21-10-19(27)15-3-2-4-18(25)22(15)31-21/h2-6,9-10,13,17H,7-8,11-12H2,1H3,(H,28,29)/t13-,17-/m1/s1. The summed E-state index contributed by atoms with van der Waals surface area (Å²) in [6.07, 6.45) is 0. The normalized spacial score (nSPS) is 19.1. The third kappa shape index (κ3) is 4.63. The molecule has 3 aromatic rings. The van der Waals surface area contributed by atoms with Crippen LogP contribution in [0.4, 0.5) is 0 Å². The van der Waals surface area contributed by atoms with Gasteiger partial charge in [0.1, 0.15) is 18.1 Å². The average Bonchev–Trinajstić information content (AvgIpc) is 3.09. The number of hydrogen-bond donors (Lipinski definition) is 1. The van der Waals surface area contributed by atoms with Crippen LogP contribution in [-0.4, -0.2) is 42.2 Å². The first kappa shape index (κ1) is 21.9. The lowest BCUT2D eigenvalue weighted by atomic mass is 9.99. The van der Waals surface area contributed by atoms with Crippen molar-refractivity contribution in [2.45, 2.75) is 6.92 Å². The molecule has 8 heteroatoms. The van der Waals surface area contributed by atoms with Gasteiger partial charge in [0.05, 0.1) is 21.9 Å². The largest absolute Gasteiger partial charge is 0.491 e. The van der Waals surface area contributed by atoms with Crippen LogP contribution in [0.1, 0.15) is 6.92 Å². The van der Waals surface area contributed by atoms with Gasteiger partial charge in [0.2, 0.25) is 0 Å². The maximum Gasteiger partial charge on any atom is 0.308 e. The third-order valence-electron chi connectivity index (χ3n) is 5.59. The number of hydrogen-bond acceptors (Lipinski definition) is 5. The van der Waals surface area contributed by atoms with E-state index in [1.165, 1.54) is 6.07 Å². The Morgan fingerprint density at radius 1 is 1.29 bits per heavy atom. The quantitative estimate of drug-likeness (QED) is 0.512. The van der Waals surface area contributed by atoms with Crippen molar-refractivity contribution < 1.29 is 19.1 Å². The number of carboxylic acid groups (broad SMARTS) is 1. The molecule has 2 heterocycles. The molecule has 1 aliphatic heterocycles. The highest BCUT2D eigenvalue weighted by Crippen LogP contribution is 2.35. The first-order valence-corrected chi connectivity index (χ1v) is 11.1. The number of fused-ring (bicyclic) bond motifs is 1. The van der Waals surface area contributed by atoms with E-state index >= 15 is 0 Å². The molecule has 2 aromatic carbocycles. The number of halogens is 2. The summed E-state index contributed by atoms with van der Waals surface area (Å²) in [6, 6.07) is 12.0. The van der Waals surface area contributed by atoms with E-state index < -0.39 is 5.97 Å². The van der Waals surface area contributed by atoms with Gasteiger partial charge in [0.25, 0.3) is 0 Å². The molecule has 162 valence electrons. The molecule has 4 rings (SSSR count). The van der Waals surface area contributed by atoms with Crippen LogP contribution < -0.4 is 10.2 Å². The van der Waals surface area contributed by atoms with Crippen LogP contribution in [0.15, 0.2) is 56.1 Å². The van der Waals surface area contributed by atoms with Crippen LogP contribution in [-0.2, 0) is 4.79 Å². The van der Waals surface area contributed by atoms with Gasteiger partial charge in [-0.1, -0.05) is 40.5 Å². The Labute approximate surface area is 192 Å². The number of likely N-dealkylation sites (tertiary alicyclic amines) is 1. The van der Waals surface area contributed by atoms with E-state index in [1.54, 1.807) is 18.2 Å². The lowest BCUT2D eigenvalue weighted by Crippen LogP contribution is -2.27. The van der Waals surface area contributed by atoms with Crippen molar-refractivity contribution in [1.29, 1.82) is 0 Å². The van der Waals surface area contributed by atoms with Crippen LogP contribution in [0.5, 0.6) is 5.75 Å². The van der Waals surface area contributed by atoms with E-state index in [-0.39, 0.29) is 17.3 Å². The maximum absolute atomic E-state index is 12.6. The van der Waals surface area contributed by atoms with Crippen molar-refractivity contribution in [1.82, 2.24) is 4.90 Å². The van der Waals surface area contributed by atoms with Gasteiger partial charge < -0.3 is 14.3 Å². The fraction of sp³-hybridized carbons (Fsp3) is 0.304.